The van der Waals surface area contributed by atoms with E-state index in [0.29, 0.717) is 0 Å². The summed E-state index contributed by atoms with van der Waals surface area (Å²) >= 11 is 0. The lowest BCUT2D eigenvalue weighted by atomic mass is 10.1. The van der Waals surface area contributed by atoms with Crippen molar-refractivity contribution in [3.8, 4) is 0 Å². The molecule has 82 valence electrons. The molecule has 0 spiro atoms. The van der Waals surface area contributed by atoms with Crippen molar-refractivity contribution in [3.63, 3.8) is 0 Å². The first kappa shape index (κ1) is 11.8. The van der Waals surface area contributed by atoms with Gasteiger partial charge in [-0.1, -0.05) is 43.3 Å². The van der Waals surface area contributed by atoms with Gasteiger partial charge >= 0.3 is 6.18 Å². The molecule has 0 fully saturated rings. The lowest BCUT2D eigenvalue weighted by molar-refractivity contribution is -0.124. The summed E-state index contributed by atoms with van der Waals surface area (Å²) in [5.74, 6) is 0. The minimum atomic E-state index is -4.11. The largest absolute Gasteiger partial charge is 0.392 e. The van der Waals surface area contributed by atoms with Crippen LogP contribution in [0.3, 0.4) is 0 Å². The van der Waals surface area contributed by atoms with Crippen LogP contribution in [0.15, 0.2) is 30.3 Å². The Bertz CT molecular complexity index is 337. The molecule has 0 aliphatic carbocycles. The van der Waals surface area contributed by atoms with Crippen molar-refractivity contribution in [2.75, 3.05) is 0 Å². The van der Waals surface area contributed by atoms with Gasteiger partial charge in [0.2, 0.25) is 0 Å². The van der Waals surface area contributed by atoms with Gasteiger partial charge in [-0.25, -0.2) is 0 Å². The van der Waals surface area contributed by atoms with Crippen molar-refractivity contribution in [3.05, 3.63) is 41.5 Å². The van der Waals surface area contributed by atoms with Gasteiger partial charge in [0.05, 0.1) is 6.42 Å². The van der Waals surface area contributed by atoms with Crippen LogP contribution in [-0.4, -0.2) is 6.18 Å². The predicted molar refractivity (Wildman–Crippen MR) is 55.5 cm³/mol. The Labute approximate surface area is 87.4 Å². The summed E-state index contributed by atoms with van der Waals surface area (Å²) in [6, 6.07) is 7.51. The third-order valence-corrected chi connectivity index (χ3v) is 2.02. The molecule has 0 nitrogen and oxygen atoms in total. The van der Waals surface area contributed by atoms with Gasteiger partial charge in [-0.2, -0.15) is 13.2 Å². The maximum Gasteiger partial charge on any atom is 0.392 e. The second-order valence-corrected chi connectivity index (χ2v) is 3.32. The average molecular weight is 214 g/mol. The zero-order valence-electron chi connectivity index (χ0n) is 8.51. The highest BCUT2D eigenvalue weighted by Crippen LogP contribution is 2.20. The number of alkyl halides is 3. The Morgan fingerprint density at radius 2 is 2.00 bits per heavy atom. The summed E-state index contributed by atoms with van der Waals surface area (Å²) in [5.41, 5.74) is 1.95. The molecule has 0 saturated heterocycles. The Morgan fingerprint density at radius 3 is 2.60 bits per heavy atom. The van der Waals surface area contributed by atoms with Gasteiger partial charge in [0, 0.05) is 0 Å². The molecule has 0 aliphatic heterocycles. The van der Waals surface area contributed by atoms with E-state index in [1.807, 2.05) is 25.1 Å². The number of benzene rings is 1. The predicted octanol–water partition coefficient (Wildman–Crippen LogP) is 4.21. The van der Waals surface area contributed by atoms with Crippen LogP contribution < -0.4 is 0 Å². The SMILES string of the molecule is CCc1cccc(C=CCC(F)(F)F)c1. The molecule has 0 unspecified atom stereocenters. The van der Waals surface area contributed by atoms with Gasteiger partial charge in [0.25, 0.3) is 0 Å². The molecule has 0 radical (unpaired) electrons. The Kier molecular flexibility index (Phi) is 3.95. The molecule has 0 saturated carbocycles. The summed E-state index contributed by atoms with van der Waals surface area (Å²) in [4.78, 5) is 0. The fourth-order valence-electron chi connectivity index (χ4n) is 1.25. The summed E-state index contributed by atoms with van der Waals surface area (Å²) in [5, 5.41) is 0. The van der Waals surface area contributed by atoms with Gasteiger partial charge in [-0.3, -0.25) is 0 Å². The molecule has 15 heavy (non-hydrogen) atoms. The highest BCUT2D eigenvalue weighted by Gasteiger charge is 2.24. The second-order valence-electron chi connectivity index (χ2n) is 3.32. The minimum Gasteiger partial charge on any atom is -0.171 e. The van der Waals surface area contributed by atoms with Gasteiger partial charge < -0.3 is 0 Å². The number of allylic oxidation sites excluding steroid dienone is 1. The van der Waals surface area contributed by atoms with Crippen molar-refractivity contribution < 1.29 is 13.2 Å². The number of halogens is 3. The molecule has 1 aromatic carbocycles. The number of hydrogen-bond donors (Lipinski definition) is 0. The quantitative estimate of drug-likeness (QED) is 0.706. The first-order chi connectivity index (χ1) is 7.01. The van der Waals surface area contributed by atoms with Crippen LogP contribution in [0.4, 0.5) is 13.2 Å². The molecule has 3 heteroatoms. The highest BCUT2D eigenvalue weighted by atomic mass is 19.4. The van der Waals surface area contributed by atoms with E-state index < -0.39 is 12.6 Å². The molecular weight excluding hydrogens is 201 g/mol. The summed E-state index contributed by atoms with van der Waals surface area (Å²) in [6.45, 7) is 2.01. The Hall–Kier alpha value is -1.25. The normalized spacial score (nSPS) is 12.3. The molecular formula is C12H13F3. The second kappa shape index (κ2) is 5.01. The van der Waals surface area contributed by atoms with E-state index in [0.717, 1.165) is 23.6 Å². The monoisotopic (exact) mass is 214 g/mol. The van der Waals surface area contributed by atoms with Crippen molar-refractivity contribution in [2.24, 2.45) is 0 Å². The van der Waals surface area contributed by atoms with E-state index in [4.69, 9.17) is 0 Å². The fourth-order valence-corrected chi connectivity index (χ4v) is 1.25. The third-order valence-electron chi connectivity index (χ3n) is 2.02. The fraction of sp³-hybridized carbons (Fsp3) is 0.333. The standard InChI is InChI=1S/C12H13F3/c1-2-10-5-3-6-11(9-10)7-4-8-12(13,14)15/h3-7,9H,2,8H2,1H3. The molecule has 0 amide bonds. The lowest BCUT2D eigenvalue weighted by Crippen LogP contribution is -2.03. The van der Waals surface area contributed by atoms with Gasteiger partial charge in [-0.15, -0.1) is 0 Å². The van der Waals surface area contributed by atoms with Gasteiger partial charge in [-0.05, 0) is 17.5 Å². The zero-order chi connectivity index (χ0) is 11.3. The van der Waals surface area contributed by atoms with Crippen LogP contribution in [0.25, 0.3) is 6.08 Å². The summed E-state index contributed by atoms with van der Waals surface area (Å²) in [7, 11) is 0. The number of rotatable bonds is 3. The van der Waals surface area contributed by atoms with Crippen LogP contribution in [0, 0.1) is 0 Å². The van der Waals surface area contributed by atoms with E-state index >= 15 is 0 Å². The molecule has 0 aliphatic rings. The van der Waals surface area contributed by atoms with Crippen LogP contribution in [0.1, 0.15) is 24.5 Å². The molecule has 0 bridgehead atoms. The summed E-state index contributed by atoms with van der Waals surface area (Å²) in [6.07, 6.45) is -1.44. The smallest absolute Gasteiger partial charge is 0.171 e. The highest BCUT2D eigenvalue weighted by molar-refractivity contribution is 5.50. The molecule has 0 heterocycles. The van der Waals surface area contributed by atoms with Crippen LogP contribution in [-0.2, 0) is 6.42 Å². The number of hydrogen-bond acceptors (Lipinski definition) is 0. The van der Waals surface area contributed by atoms with Crippen LogP contribution in [0.5, 0.6) is 0 Å². The van der Waals surface area contributed by atoms with Crippen LogP contribution >= 0.6 is 0 Å². The first-order valence-electron chi connectivity index (χ1n) is 4.83. The molecule has 0 N–H and O–H groups in total. The molecule has 0 aromatic heterocycles. The van der Waals surface area contributed by atoms with E-state index in [2.05, 4.69) is 0 Å². The van der Waals surface area contributed by atoms with Gasteiger partial charge in [0.1, 0.15) is 0 Å². The van der Waals surface area contributed by atoms with E-state index in [1.54, 1.807) is 6.07 Å². The van der Waals surface area contributed by atoms with E-state index in [9.17, 15) is 13.2 Å². The molecule has 0 atom stereocenters. The van der Waals surface area contributed by atoms with Crippen molar-refractivity contribution in [1.29, 1.82) is 0 Å². The van der Waals surface area contributed by atoms with Crippen molar-refractivity contribution in [1.82, 2.24) is 0 Å². The Morgan fingerprint density at radius 1 is 1.27 bits per heavy atom. The average Bonchev–Trinajstić information content (AvgIpc) is 2.16. The maximum atomic E-state index is 11.9. The number of aryl methyl sites for hydroxylation is 1. The Balaban J connectivity index is 2.64. The lowest BCUT2D eigenvalue weighted by Gasteiger charge is -2.01. The van der Waals surface area contributed by atoms with E-state index in [-0.39, 0.29) is 0 Å². The van der Waals surface area contributed by atoms with Gasteiger partial charge in [0.15, 0.2) is 0 Å². The van der Waals surface area contributed by atoms with Crippen LogP contribution in [0.2, 0.25) is 0 Å². The maximum absolute atomic E-state index is 11.9. The van der Waals surface area contributed by atoms with Crippen molar-refractivity contribution >= 4 is 6.08 Å². The zero-order valence-corrected chi connectivity index (χ0v) is 8.51. The third kappa shape index (κ3) is 4.68. The first-order valence-corrected chi connectivity index (χ1v) is 4.83. The van der Waals surface area contributed by atoms with E-state index in [1.165, 1.54) is 6.08 Å². The van der Waals surface area contributed by atoms with Crippen molar-refractivity contribution in [2.45, 2.75) is 25.9 Å². The molecule has 1 aromatic rings. The molecule has 1 rings (SSSR count). The minimum absolute atomic E-state index is 0.818. The summed E-state index contributed by atoms with van der Waals surface area (Å²) < 4.78 is 35.6. The topological polar surface area (TPSA) is 0 Å².